The minimum absolute atomic E-state index is 0.257. The molecule has 4 rings (SSSR count). The molecule has 0 unspecified atom stereocenters. The van der Waals surface area contributed by atoms with Crippen LogP contribution in [0.5, 0.6) is 0 Å². The molecule has 4 aromatic rings. The average Bonchev–Trinajstić information content (AvgIpc) is 3.29. The number of amides is 3. The van der Waals surface area contributed by atoms with E-state index in [1.54, 1.807) is 6.07 Å². The first-order chi connectivity index (χ1) is 18.0. The Bertz CT molecular complexity index is 1520. The van der Waals surface area contributed by atoms with Gasteiger partial charge in [0.2, 0.25) is 6.41 Å². The first kappa shape index (κ1) is 27.4. The van der Waals surface area contributed by atoms with E-state index in [4.69, 9.17) is 5.10 Å². The predicted molar refractivity (Wildman–Crippen MR) is 147 cm³/mol. The monoisotopic (exact) mass is 636 g/mol. The van der Waals surface area contributed by atoms with Crippen LogP contribution in [0.1, 0.15) is 32.0 Å². The second-order valence-electron chi connectivity index (χ2n) is 9.55. The van der Waals surface area contributed by atoms with Crippen LogP contribution in [0.3, 0.4) is 0 Å². The molecule has 1 aromatic heterocycles. The van der Waals surface area contributed by atoms with Gasteiger partial charge in [0.25, 0.3) is 0 Å². The van der Waals surface area contributed by atoms with Gasteiger partial charge in [0.15, 0.2) is 11.6 Å². The summed E-state index contributed by atoms with van der Waals surface area (Å²) >= 11 is 1.87. The van der Waals surface area contributed by atoms with Crippen molar-refractivity contribution < 1.29 is 22.8 Å². The van der Waals surface area contributed by atoms with Crippen molar-refractivity contribution in [3.05, 3.63) is 83.3 Å². The summed E-state index contributed by atoms with van der Waals surface area (Å²) in [6, 6.07) is 13.1. The second-order valence-corrected chi connectivity index (χ2v) is 10.0. The minimum Gasteiger partial charge on any atom is -0.305 e. The Labute approximate surface area is 230 Å². The zero-order chi connectivity index (χ0) is 27.6. The molecule has 38 heavy (non-hydrogen) atoms. The van der Waals surface area contributed by atoms with Gasteiger partial charge in [-0.15, -0.1) is 0 Å². The maximum Gasteiger partial charge on any atom is 0.324 e. The number of anilines is 2. The summed E-state index contributed by atoms with van der Waals surface area (Å²) in [5, 5.41) is 12.7. The Morgan fingerprint density at radius 3 is 2.42 bits per heavy atom. The molecule has 0 radical (unpaired) electrons. The number of carbonyl (C=O) groups excluding carboxylic acids is 2. The van der Waals surface area contributed by atoms with Gasteiger partial charge in [-0.3, -0.25) is 15.1 Å². The standard InChI is InChI=1S/C26H24F3IN6O2/c1-26(2,3)23-12-24(32-25(38)31-22-11-20(28)19(27)10-21(22)29)36(33-23)17-8-15-6-4-5-7-18(15)16(9-17)13-35(14-37)34-30/h4-12,14,34H,13H2,1-3H3,(H2,31,32,38). The Morgan fingerprint density at radius 2 is 1.74 bits per heavy atom. The number of hydrogen-bond donors (Lipinski definition) is 3. The van der Waals surface area contributed by atoms with Crippen LogP contribution in [-0.4, -0.2) is 27.2 Å². The Balaban J connectivity index is 1.77. The van der Waals surface area contributed by atoms with Crippen LogP contribution in [0.25, 0.3) is 16.5 Å². The Kier molecular flexibility index (Phi) is 7.92. The SMILES string of the molecule is CC(C)(C)c1cc(NC(=O)Nc2cc(F)c(F)cc2F)n(-c2cc(CN(C=O)NI)c3ccccc3c2)n1. The molecule has 198 valence electrons. The number of nitrogens with zero attached hydrogens (tertiary/aromatic N) is 3. The van der Waals surface area contributed by atoms with Crippen molar-refractivity contribution in [1.82, 2.24) is 18.4 Å². The summed E-state index contributed by atoms with van der Waals surface area (Å²) in [7, 11) is 0. The number of fused-ring (bicyclic) bond motifs is 1. The zero-order valence-corrected chi connectivity index (χ0v) is 22.8. The van der Waals surface area contributed by atoms with E-state index in [9.17, 15) is 22.8 Å². The first-order valence-corrected chi connectivity index (χ1v) is 12.5. The number of hydrazine groups is 1. The summed E-state index contributed by atoms with van der Waals surface area (Å²) in [6.07, 6.45) is 0.675. The van der Waals surface area contributed by atoms with Gasteiger partial charge in [-0.25, -0.2) is 22.6 Å². The molecule has 0 spiro atoms. The molecule has 3 amide bonds. The van der Waals surface area contributed by atoms with Crippen molar-refractivity contribution in [2.75, 3.05) is 10.6 Å². The van der Waals surface area contributed by atoms with Gasteiger partial charge in [-0.05, 0) is 28.5 Å². The number of urea groups is 1. The number of hydrogen-bond acceptors (Lipinski definition) is 4. The molecule has 3 N–H and O–H groups in total. The molecular formula is C26H24F3IN6O2. The van der Waals surface area contributed by atoms with E-state index in [2.05, 4.69) is 14.3 Å². The van der Waals surface area contributed by atoms with Crippen LogP contribution < -0.4 is 14.3 Å². The molecular weight excluding hydrogens is 612 g/mol. The first-order valence-electron chi connectivity index (χ1n) is 11.4. The number of halogens is 4. The van der Waals surface area contributed by atoms with E-state index in [-0.39, 0.29) is 17.8 Å². The van der Waals surface area contributed by atoms with Crippen molar-refractivity contribution in [2.24, 2.45) is 0 Å². The number of nitrogens with one attached hydrogen (secondary N) is 3. The topological polar surface area (TPSA) is 91.3 Å². The maximum absolute atomic E-state index is 14.1. The fourth-order valence-electron chi connectivity index (χ4n) is 3.82. The Morgan fingerprint density at radius 1 is 1.03 bits per heavy atom. The van der Waals surface area contributed by atoms with E-state index >= 15 is 0 Å². The van der Waals surface area contributed by atoms with Crippen LogP contribution in [0.2, 0.25) is 0 Å². The lowest BCUT2D eigenvalue weighted by atomic mass is 9.92. The van der Waals surface area contributed by atoms with Crippen molar-refractivity contribution in [1.29, 1.82) is 0 Å². The van der Waals surface area contributed by atoms with E-state index in [0.29, 0.717) is 29.9 Å². The number of rotatable bonds is 7. The molecule has 0 saturated carbocycles. The van der Waals surface area contributed by atoms with Crippen molar-refractivity contribution >= 4 is 57.6 Å². The molecule has 0 fully saturated rings. The lowest BCUT2D eigenvalue weighted by molar-refractivity contribution is -0.119. The summed E-state index contributed by atoms with van der Waals surface area (Å²) in [6.45, 7) is 6.13. The molecule has 0 bridgehead atoms. The van der Waals surface area contributed by atoms with Crippen molar-refractivity contribution in [2.45, 2.75) is 32.7 Å². The van der Waals surface area contributed by atoms with E-state index in [1.807, 2.05) is 80.0 Å². The predicted octanol–water partition coefficient (Wildman–Crippen LogP) is 6.20. The third-order valence-electron chi connectivity index (χ3n) is 5.73. The largest absolute Gasteiger partial charge is 0.324 e. The van der Waals surface area contributed by atoms with Gasteiger partial charge in [-0.1, -0.05) is 45.0 Å². The lowest BCUT2D eigenvalue weighted by Crippen LogP contribution is -2.28. The van der Waals surface area contributed by atoms with Gasteiger partial charge >= 0.3 is 6.03 Å². The van der Waals surface area contributed by atoms with E-state index < -0.39 is 29.2 Å². The highest BCUT2D eigenvalue weighted by atomic mass is 127. The van der Waals surface area contributed by atoms with Crippen LogP contribution in [0.15, 0.2) is 54.6 Å². The second kappa shape index (κ2) is 11.0. The van der Waals surface area contributed by atoms with Crippen molar-refractivity contribution in [3.63, 3.8) is 0 Å². The lowest BCUT2D eigenvalue weighted by Gasteiger charge is -2.18. The number of carbonyl (C=O) groups is 2. The molecule has 3 aromatic carbocycles. The minimum atomic E-state index is -1.36. The molecule has 0 aliphatic rings. The molecule has 0 aliphatic heterocycles. The highest BCUT2D eigenvalue weighted by Crippen LogP contribution is 2.30. The van der Waals surface area contributed by atoms with Gasteiger partial charge < -0.3 is 5.32 Å². The third kappa shape index (κ3) is 5.91. The van der Waals surface area contributed by atoms with Gasteiger partial charge in [0, 0.05) is 46.5 Å². The summed E-state index contributed by atoms with van der Waals surface area (Å²) in [5.41, 5.74) is 1.18. The molecule has 1 heterocycles. The highest BCUT2D eigenvalue weighted by molar-refractivity contribution is 14.1. The molecule has 0 saturated heterocycles. The fourth-order valence-corrected chi connectivity index (χ4v) is 4.10. The molecule has 8 nitrogen and oxygen atoms in total. The molecule has 0 aliphatic carbocycles. The van der Waals surface area contributed by atoms with Crippen LogP contribution in [0, 0.1) is 17.5 Å². The zero-order valence-electron chi connectivity index (χ0n) is 20.7. The smallest absolute Gasteiger partial charge is 0.305 e. The third-order valence-corrected chi connectivity index (χ3v) is 6.35. The normalized spacial score (nSPS) is 11.4. The molecule has 12 heteroatoms. The van der Waals surface area contributed by atoms with Crippen LogP contribution in [0.4, 0.5) is 29.5 Å². The van der Waals surface area contributed by atoms with Crippen LogP contribution >= 0.6 is 22.9 Å². The highest BCUT2D eigenvalue weighted by Gasteiger charge is 2.23. The van der Waals surface area contributed by atoms with E-state index in [0.717, 1.165) is 16.3 Å². The summed E-state index contributed by atoms with van der Waals surface area (Å²) in [4.78, 5) is 24.2. The quantitative estimate of drug-likeness (QED) is 0.0742. The Hall–Kier alpha value is -3.65. The summed E-state index contributed by atoms with van der Waals surface area (Å²) < 4.78 is 45.3. The summed E-state index contributed by atoms with van der Waals surface area (Å²) in [5.74, 6) is -3.52. The van der Waals surface area contributed by atoms with Gasteiger partial charge in [-0.2, -0.15) is 8.74 Å². The van der Waals surface area contributed by atoms with Gasteiger partial charge in [0.05, 0.1) is 23.6 Å². The van der Waals surface area contributed by atoms with E-state index in [1.165, 1.54) is 9.69 Å². The molecule has 0 atom stereocenters. The number of benzene rings is 3. The van der Waals surface area contributed by atoms with Crippen LogP contribution in [-0.2, 0) is 16.8 Å². The fraction of sp³-hybridized carbons (Fsp3) is 0.192. The number of aromatic nitrogens is 2. The maximum atomic E-state index is 14.1. The average molecular weight is 636 g/mol. The van der Waals surface area contributed by atoms with Crippen molar-refractivity contribution in [3.8, 4) is 5.69 Å². The van der Waals surface area contributed by atoms with Gasteiger partial charge in [0.1, 0.15) is 11.6 Å².